The summed E-state index contributed by atoms with van der Waals surface area (Å²) in [5.41, 5.74) is 0.418. The molecular formula is C18H17F2NO3S. The predicted molar refractivity (Wildman–Crippen MR) is 92.3 cm³/mol. The zero-order chi connectivity index (χ0) is 18.2. The molecule has 0 bridgehead atoms. The fraction of sp³-hybridized carbons (Fsp3) is 0.222. The fourth-order valence-corrected chi connectivity index (χ4v) is 2.70. The second-order valence-electron chi connectivity index (χ2n) is 5.18. The van der Waals surface area contributed by atoms with Gasteiger partial charge in [0.15, 0.2) is 6.10 Å². The molecule has 0 spiro atoms. The number of rotatable bonds is 7. The van der Waals surface area contributed by atoms with E-state index in [0.29, 0.717) is 11.4 Å². The van der Waals surface area contributed by atoms with Crippen molar-refractivity contribution in [2.24, 2.45) is 0 Å². The lowest BCUT2D eigenvalue weighted by molar-refractivity contribution is -0.152. The predicted octanol–water partition coefficient (Wildman–Crippen LogP) is 4.02. The maximum Gasteiger partial charge on any atom is 0.307 e. The third kappa shape index (κ3) is 6.54. The Kier molecular flexibility index (Phi) is 6.94. The minimum Gasteiger partial charge on any atom is -0.453 e. The number of amides is 1. The average Bonchev–Trinajstić information content (AvgIpc) is 2.58. The quantitative estimate of drug-likeness (QED) is 0.595. The first-order valence-corrected chi connectivity index (χ1v) is 8.57. The SMILES string of the molecule is C[C@@H](OC(=O)CCSc1ccc(F)cc1)C(=O)Nc1ccc(F)cc1. The normalized spacial score (nSPS) is 11.6. The summed E-state index contributed by atoms with van der Waals surface area (Å²) in [6.45, 7) is 1.46. The molecule has 0 aliphatic rings. The Morgan fingerprint density at radius 3 is 2.20 bits per heavy atom. The molecule has 25 heavy (non-hydrogen) atoms. The number of hydrogen-bond acceptors (Lipinski definition) is 4. The molecule has 0 aliphatic heterocycles. The van der Waals surface area contributed by atoms with Crippen molar-refractivity contribution in [1.82, 2.24) is 0 Å². The molecule has 1 atom stereocenters. The summed E-state index contributed by atoms with van der Waals surface area (Å²) >= 11 is 1.39. The largest absolute Gasteiger partial charge is 0.453 e. The van der Waals surface area contributed by atoms with Gasteiger partial charge in [0.05, 0.1) is 6.42 Å². The standard InChI is InChI=1S/C18H17F2NO3S/c1-12(18(23)21-15-6-2-13(19)3-7-15)24-17(22)10-11-25-16-8-4-14(20)5-9-16/h2-9,12H,10-11H2,1H3,(H,21,23)/t12-/m1/s1. The second-order valence-corrected chi connectivity index (χ2v) is 6.35. The van der Waals surface area contributed by atoms with Crippen molar-refractivity contribution in [1.29, 1.82) is 0 Å². The monoisotopic (exact) mass is 365 g/mol. The number of hydrogen-bond donors (Lipinski definition) is 1. The Balaban J connectivity index is 1.72. The van der Waals surface area contributed by atoms with E-state index in [1.165, 1.54) is 55.1 Å². The van der Waals surface area contributed by atoms with Crippen molar-refractivity contribution in [3.63, 3.8) is 0 Å². The maximum atomic E-state index is 12.8. The minimum absolute atomic E-state index is 0.121. The van der Waals surface area contributed by atoms with Gasteiger partial charge in [-0.25, -0.2) is 8.78 Å². The number of thioether (sulfide) groups is 1. The maximum absolute atomic E-state index is 12.8. The van der Waals surface area contributed by atoms with E-state index in [-0.39, 0.29) is 12.2 Å². The van der Waals surface area contributed by atoms with Gasteiger partial charge in [-0.15, -0.1) is 11.8 Å². The zero-order valence-electron chi connectivity index (χ0n) is 13.5. The van der Waals surface area contributed by atoms with Crippen molar-refractivity contribution in [3.05, 3.63) is 60.2 Å². The number of carbonyl (C=O) groups is 2. The van der Waals surface area contributed by atoms with Crippen molar-refractivity contribution in [2.75, 3.05) is 11.1 Å². The molecule has 1 amide bonds. The van der Waals surface area contributed by atoms with E-state index in [9.17, 15) is 18.4 Å². The summed E-state index contributed by atoms with van der Waals surface area (Å²) in [6.07, 6.45) is -0.843. The van der Waals surface area contributed by atoms with Crippen LogP contribution in [0.4, 0.5) is 14.5 Å². The van der Waals surface area contributed by atoms with Crippen LogP contribution < -0.4 is 5.32 Å². The number of anilines is 1. The lowest BCUT2D eigenvalue weighted by Gasteiger charge is -2.13. The highest BCUT2D eigenvalue weighted by atomic mass is 32.2. The average molecular weight is 365 g/mol. The highest BCUT2D eigenvalue weighted by Crippen LogP contribution is 2.19. The third-order valence-electron chi connectivity index (χ3n) is 3.18. The Morgan fingerprint density at radius 1 is 1.04 bits per heavy atom. The molecule has 1 N–H and O–H groups in total. The molecule has 2 aromatic rings. The van der Waals surface area contributed by atoms with E-state index in [2.05, 4.69) is 5.32 Å². The van der Waals surface area contributed by atoms with Crippen molar-refractivity contribution in [2.45, 2.75) is 24.3 Å². The van der Waals surface area contributed by atoms with Gasteiger partial charge < -0.3 is 10.1 Å². The van der Waals surface area contributed by atoms with Crippen LogP contribution in [0.3, 0.4) is 0 Å². The molecule has 0 saturated heterocycles. The lowest BCUT2D eigenvalue weighted by Crippen LogP contribution is -2.30. The van der Waals surface area contributed by atoms with Crippen LogP contribution in [-0.4, -0.2) is 23.7 Å². The molecule has 2 rings (SSSR count). The van der Waals surface area contributed by atoms with Gasteiger partial charge in [0.1, 0.15) is 11.6 Å². The smallest absolute Gasteiger partial charge is 0.307 e. The highest BCUT2D eigenvalue weighted by Gasteiger charge is 2.17. The Hall–Kier alpha value is -2.41. The summed E-state index contributed by atoms with van der Waals surface area (Å²) in [5, 5.41) is 2.54. The van der Waals surface area contributed by atoms with Gasteiger partial charge in [0, 0.05) is 16.3 Å². The van der Waals surface area contributed by atoms with Crippen LogP contribution >= 0.6 is 11.8 Å². The van der Waals surface area contributed by atoms with Gasteiger partial charge in [0.25, 0.3) is 5.91 Å². The first-order valence-electron chi connectivity index (χ1n) is 7.58. The highest BCUT2D eigenvalue weighted by molar-refractivity contribution is 7.99. The van der Waals surface area contributed by atoms with Crippen LogP contribution in [0.2, 0.25) is 0 Å². The fourth-order valence-electron chi connectivity index (χ4n) is 1.87. The molecule has 0 aromatic heterocycles. The Morgan fingerprint density at radius 2 is 1.60 bits per heavy atom. The summed E-state index contributed by atoms with van der Waals surface area (Å²) in [6, 6.07) is 11.2. The molecular weight excluding hydrogens is 348 g/mol. The molecule has 0 heterocycles. The van der Waals surface area contributed by atoms with Gasteiger partial charge in [-0.3, -0.25) is 9.59 Å². The van der Waals surface area contributed by atoms with Gasteiger partial charge in [-0.2, -0.15) is 0 Å². The van der Waals surface area contributed by atoms with E-state index in [4.69, 9.17) is 4.74 Å². The number of halogens is 2. The Labute approximate surface area is 148 Å². The first kappa shape index (κ1) is 18.9. The van der Waals surface area contributed by atoms with E-state index in [1.54, 1.807) is 12.1 Å². The second kappa shape index (κ2) is 9.17. The molecule has 0 fully saturated rings. The molecule has 0 aliphatic carbocycles. The van der Waals surface area contributed by atoms with Crippen LogP contribution in [0.15, 0.2) is 53.4 Å². The zero-order valence-corrected chi connectivity index (χ0v) is 14.3. The van der Waals surface area contributed by atoms with Crippen molar-refractivity contribution in [3.8, 4) is 0 Å². The number of benzene rings is 2. The molecule has 0 saturated carbocycles. The summed E-state index contributed by atoms with van der Waals surface area (Å²) in [4.78, 5) is 24.6. The Bertz CT molecular complexity index is 720. The third-order valence-corrected chi connectivity index (χ3v) is 4.19. The summed E-state index contributed by atoms with van der Waals surface area (Å²) < 4.78 is 30.7. The van der Waals surface area contributed by atoms with E-state index >= 15 is 0 Å². The topological polar surface area (TPSA) is 55.4 Å². The molecule has 4 nitrogen and oxygen atoms in total. The summed E-state index contributed by atoms with van der Waals surface area (Å²) in [7, 11) is 0. The number of carbonyl (C=O) groups excluding carboxylic acids is 2. The van der Waals surface area contributed by atoms with Crippen LogP contribution in [0.25, 0.3) is 0 Å². The van der Waals surface area contributed by atoms with E-state index < -0.39 is 23.8 Å². The molecule has 0 radical (unpaired) electrons. The number of ether oxygens (including phenoxy) is 1. The first-order chi connectivity index (χ1) is 11.9. The lowest BCUT2D eigenvalue weighted by atomic mass is 10.3. The number of nitrogens with one attached hydrogen (secondary N) is 1. The molecule has 7 heteroatoms. The van der Waals surface area contributed by atoms with Crippen LogP contribution in [-0.2, 0) is 14.3 Å². The van der Waals surface area contributed by atoms with Crippen LogP contribution in [0.1, 0.15) is 13.3 Å². The summed E-state index contributed by atoms with van der Waals surface area (Å²) in [5.74, 6) is -1.26. The van der Waals surface area contributed by atoms with E-state index in [1.807, 2.05) is 0 Å². The van der Waals surface area contributed by atoms with Gasteiger partial charge in [0.2, 0.25) is 0 Å². The van der Waals surface area contributed by atoms with Crippen LogP contribution in [0, 0.1) is 11.6 Å². The minimum atomic E-state index is -0.964. The van der Waals surface area contributed by atoms with Gasteiger partial charge >= 0.3 is 5.97 Å². The van der Waals surface area contributed by atoms with E-state index in [0.717, 1.165) is 4.90 Å². The van der Waals surface area contributed by atoms with Crippen LogP contribution in [0.5, 0.6) is 0 Å². The number of esters is 1. The van der Waals surface area contributed by atoms with Crippen molar-refractivity contribution >= 4 is 29.3 Å². The van der Waals surface area contributed by atoms with Gasteiger partial charge in [-0.1, -0.05) is 0 Å². The molecule has 132 valence electrons. The van der Waals surface area contributed by atoms with Gasteiger partial charge in [-0.05, 0) is 55.5 Å². The molecule has 2 aromatic carbocycles. The molecule has 0 unspecified atom stereocenters. The van der Waals surface area contributed by atoms with Crippen molar-refractivity contribution < 1.29 is 23.1 Å².